The van der Waals surface area contributed by atoms with E-state index in [4.69, 9.17) is 5.53 Å². The van der Waals surface area contributed by atoms with Crippen molar-refractivity contribution in [3.8, 4) is 0 Å². The molecule has 80 valence electrons. The van der Waals surface area contributed by atoms with Gasteiger partial charge in [-0.05, 0) is 11.1 Å². The Morgan fingerprint density at radius 3 is 2.53 bits per heavy atom. The van der Waals surface area contributed by atoms with Gasteiger partial charge in [0.1, 0.15) is 0 Å². The van der Waals surface area contributed by atoms with Crippen LogP contribution in [0.2, 0.25) is 0 Å². The minimum Gasteiger partial charge on any atom is -0.204 e. The summed E-state index contributed by atoms with van der Waals surface area (Å²) in [5.41, 5.74) is 8.90. The quantitative estimate of drug-likeness (QED) is 0.444. The molecule has 6 nitrogen and oxygen atoms in total. The van der Waals surface area contributed by atoms with E-state index in [0.29, 0.717) is 0 Å². The second kappa shape index (κ2) is 4.79. The van der Waals surface area contributed by atoms with E-state index >= 15 is 0 Å². The molecular weight excluding hydrogens is 216 g/mol. The van der Waals surface area contributed by atoms with E-state index in [2.05, 4.69) is 9.43 Å². The number of rotatable bonds is 4. The fourth-order valence-corrected chi connectivity index (χ4v) is 1.56. The van der Waals surface area contributed by atoms with Crippen LogP contribution >= 0.6 is 0 Å². The first-order valence-corrected chi connectivity index (χ1v) is 5.52. The van der Waals surface area contributed by atoms with Gasteiger partial charge in [0.2, 0.25) is 0 Å². The van der Waals surface area contributed by atoms with Gasteiger partial charge in [-0.1, -0.05) is 30.3 Å². The molecule has 0 atom stereocenters. The van der Waals surface area contributed by atoms with Crippen LogP contribution in [-0.4, -0.2) is 19.8 Å². The van der Waals surface area contributed by atoms with Crippen molar-refractivity contribution in [1.29, 1.82) is 0 Å². The Bertz CT molecular complexity index is 465. The molecule has 7 heteroatoms. The van der Waals surface area contributed by atoms with Crippen LogP contribution in [-0.2, 0) is 16.8 Å². The molecule has 0 spiro atoms. The van der Waals surface area contributed by atoms with Gasteiger partial charge in [0, 0.05) is 23.0 Å². The normalized spacial score (nSPS) is 11.1. The molecule has 15 heavy (non-hydrogen) atoms. The first-order chi connectivity index (χ1) is 7.06. The average Bonchev–Trinajstić information content (AvgIpc) is 2.19. The molecule has 1 aromatic rings. The van der Waals surface area contributed by atoms with Crippen molar-refractivity contribution in [2.45, 2.75) is 6.54 Å². The molecule has 1 aromatic carbocycles. The summed E-state index contributed by atoms with van der Waals surface area (Å²) in [4.78, 5) is 2.27. The highest BCUT2D eigenvalue weighted by molar-refractivity contribution is 7.87. The lowest BCUT2D eigenvalue weighted by atomic mass is 10.2. The van der Waals surface area contributed by atoms with Crippen LogP contribution in [0.4, 0.5) is 0 Å². The van der Waals surface area contributed by atoms with E-state index in [1.165, 1.54) is 7.05 Å². The first-order valence-electron chi connectivity index (χ1n) is 4.13. The number of nitrogens with zero attached hydrogens (tertiary/aromatic N) is 4. The number of hydrogen-bond donors (Lipinski definition) is 0. The Morgan fingerprint density at radius 1 is 1.40 bits per heavy atom. The molecule has 0 aromatic heterocycles. The average molecular weight is 226 g/mol. The van der Waals surface area contributed by atoms with Crippen molar-refractivity contribution >= 4 is 10.2 Å². The van der Waals surface area contributed by atoms with Gasteiger partial charge < -0.3 is 0 Å². The molecule has 0 radical (unpaired) electrons. The van der Waals surface area contributed by atoms with Crippen molar-refractivity contribution < 1.29 is 8.42 Å². The third-order valence-corrected chi connectivity index (χ3v) is 2.98. The van der Waals surface area contributed by atoms with Crippen LogP contribution < -0.4 is 0 Å². The molecule has 0 heterocycles. The Kier molecular flexibility index (Phi) is 3.68. The molecule has 0 aliphatic heterocycles. The molecular formula is C8H10N4O2S. The van der Waals surface area contributed by atoms with Crippen molar-refractivity contribution in [3.63, 3.8) is 0 Å². The minimum atomic E-state index is -3.87. The van der Waals surface area contributed by atoms with Gasteiger partial charge >= 0.3 is 10.2 Å². The molecule has 0 bridgehead atoms. The predicted octanol–water partition coefficient (Wildman–Crippen LogP) is 1.67. The zero-order valence-electron chi connectivity index (χ0n) is 8.11. The summed E-state index contributed by atoms with van der Waals surface area (Å²) in [7, 11) is -2.51. The standard InChI is InChI=1S/C8H10N4O2S/c1-12(15(13,14)11-10-9)7-8-5-3-2-4-6-8/h2-6H,7H2,1H3. The Labute approximate surface area is 88.0 Å². The van der Waals surface area contributed by atoms with E-state index < -0.39 is 10.2 Å². The fraction of sp³-hybridized carbons (Fsp3) is 0.250. The highest BCUT2D eigenvalue weighted by atomic mass is 32.2. The topological polar surface area (TPSA) is 86.1 Å². The lowest BCUT2D eigenvalue weighted by molar-refractivity contribution is 0.468. The lowest BCUT2D eigenvalue weighted by Gasteiger charge is -2.12. The maximum absolute atomic E-state index is 11.2. The molecule has 1 rings (SSSR count). The Hall–Kier alpha value is -1.56. The van der Waals surface area contributed by atoms with E-state index in [-0.39, 0.29) is 6.54 Å². The molecule has 0 N–H and O–H groups in total. The van der Waals surface area contributed by atoms with Crippen molar-refractivity contribution in [3.05, 3.63) is 46.3 Å². The summed E-state index contributed by atoms with van der Waals surface area (Å²) in [6, 6.07) is 9.04. The third kappa shape index (κ3) is 3.25. The SMILES string of the molecule is CN(Cc1ccccc1)S(=O)(=O)N=[N+]=[N-]. The zero-order chi connectivity index (χ0) is 11.3. The minimum absolute atomic E-state index is 0.183. The highest BCUT2D eigenvalue weighted by Gasteiger charge is 2.15. The molecule has 0 saturated heterocycles. The molecule has 0 saturated carbocycles. The Balaban J connectivity index is 2.81. The van der Waals surface area contributed by atoms with Crippen LogP contribution in [0.1, 0.15) is 5.56 Å². The second-order valence-electron chi connectivity index (χ2n) is 2.89. The van der Waals surface area contributed by atoms with Crippen LogP contribution in [0.25, 0.3) is 10.4 Å². The molecule has 0 amide bonds. The Morgan fingerprint density at radius 2 is 2.00 bits per heavy atom. The summed E-state index contributed by atoms with van der Waals surface area (Å²) in [6.45, 7) is 0.183. The van der Waals surface area contributed by atoms with Crippen molar-refractivity contribution in [2.24, 2.45) is 4.52 Å². The number of hydrogen-bond acceptors (Lipinski definition) is 2. The summed E-state index contributed by atoms with van der Waals surface area (Å²) in [5.74, 6) is 0. The van der Waals surface area contributed by atoms with Crippen LogP contribution in [0, 0.1) is 0 Å². The summed E-state index contributed by atoms with van der Waals surface area (Å²) >= 11 is 0. The van der Waals surface area contributed by atoms with Gasteiger partial charge in [-0.3, -0.25) is 0 Å². The summed E-state index contributed by atoms with van der Waals surface area (Å²) in [5, 5.41) is 0. The van der Waals surface area contributed by atoms with Gasteiger partial charge in [0.05, 0.1) is 0 Å². The molecule has 0 aliphatic rings. The smallest absolute Gasteiger partial charge is 0.204 e. The van der Waals surface area contributed by atoms with E-state index in [0.717, 1.165) is 9.87 Å². The van der Waals surface area contributed by atoms with Crippen LogP contribution in [0.3, 0.4) is 0 Å². The van der Waals surface area contributed by atoms with Gasteiger partial charge in [-0.15, -0.1) is 0 Å². The maximum Gasteiger partial charge on any atom is 0.302 e. The third-order valence-electron chi connectivity index (χ3n) is 1.78. The maximum atomic E-state index is 11.2. The van der Waals surface area contributed by atoms with Gasteiger partial charge in [-0.25, -0.2) is 8.42 Å². The number of benzene rings is 1. The van der Waals surface area contributed by atoms with Gasteiger partial charge in [0.15, 0.2) is 0 Å². The molecule has 0 unspecified atom stereocenters. The number of azide groups is 1. The molecule has 0 fully saturated rings. The van der Waals surface area contributed by atoms with E-state index in [1.54, 1.807) is 12.1 Å². The van der Waals surface area contributed by atoms with E-state index in [9.17, 15) is 8.42 Å². The van der Waals surface area contributed by atoms with E-state index in [1.807, 2.05) is 18.2 Å². The second-order valence-corrected chi connectivity index (χ2v) is 4.57. The predicted molar refractivity (Wildman–Crippen MR) is 56.0 cm³/mol. The van der Waals surface area contributed by atoms with Gasteiger partial charge in [0.25, 0.3) is 0 Å². The summed E-state index contributed by atoms with van der Waals surface area (Å²) < 4.78 is 26.2. The van der Waals surface area contributed by atoms with Crippen molar-refractivity contribution in [1.82, 2.24) is 4.31 Å². The fourth-order valence-electron chi connectivity index (χ4n) is 1.03. The van der Waals surface area contributed by atoms with Crippen LogP contribution in [0.15, 0.2) is 34.9 Å². The largest absolute Gasteiger partial charge is 0.302 e. The van der Waals surface area contributed by atoms with Crippen LogP contribution in [0.5, 0.6) is 0 Å². The highest BCUT2D eigenvalue weighted by Crippen LogP contribution is 2.07. The summed E-state index contributed by atoms with van der Waals surface area (Å²) in [6.07, 6.45) is 0. The first kappa shape index (κ1) is 11.5. The lowest BCUT2D eigenvalue weighted by Crippen LogP contribution is -2.23. The van der Waals surface area contributed by atoms with Crippen molar-refractivity contribution in [2.75, 3.05) is 7.05 Å². The van der Waals surface area contributed by atoms with Gasteiger partial charge in [-0.2, -0.15) is 4.31 Å². The zero-order valence-corrected chi connectivity index (χ0v) is 8.92. The molecule has 0 aliphatic carbocycles. The monoisotopic (exact) mass is 226 g/mol.